The maximum Gasteiger partial charge on any atom is 0.256 e. The maximum atomic E-state index is 13.8. The van der Waals surface area contributed by atoms with Crippen molar-refractivity contribution >= 4 is 15.9 Å². The molecule has 2 atom stereocenters. The van der Waals surface area contributed by atoms with E-state index in [1.807, 2.05) is 0 Å². The number of rotatable bonds is 4. The molecule has 1 fully saturated rings. The normalized spacial score (nSPS) is 21.8. The molecule has 4 rings (SSSR count). The molecule has 3 N–H and O–H groups in total. The summed E-state index contributed by atoms with van der Waals surface area (Å²) in [5, 5.41) is 19.5. The van der Waals surface area contributed by atoms with Crippen LogP contribution in [0.25, 0.3) is 0 Å². The van der Waals surface area contributed by atoms with Crippen molar-refractivity contribution in [3.05, 3.63) is 46.4 Å². The average molecular weight is 463 g/mol. The Morgan fingerprint density at radius 3 is 2.72 bits per heavy atom. The number of H-pyrrole nitrogens is 1. The summed E-state index contributed by atoms with van der Waals surface area (Å²) < 4.78 is 47.5. The number of aromatic nitrogens is 1. The van der Waals surface area contributed by atoms with Crippen molar-refractivity contribution in [1.82, 2.24) is 14.6 Å². The van der Waals surface area contributed by atoms with Crippen LogP contribution in [0.4, 0.5) is 4.39 Å². The molecule has 9 nitrogen and oxygen atoms in total. The fraction of sp³-hybridized carbons (Fsp3) is 0.429. The second kappa shape index (κ2) is 7.58. The molecule has 11 heteroatoms. The summed E-state index contributed by atoms with van der Waals surface area (Å²) in [4.78, 5) is 16.9. The minimum Gasteiger partial charge on any atom is -0.491 e. The van der Waals surface area contributed by atoms with Crippen LogP contribution in [0.5, 0.6) is 5.75 Å². The van der Waals surface area contributed by atoms with Crippen molar-refractivity contribution in [2.45, 2.75) is 37.9 Å². The number of halogens is 1. The summed E-state index contributed by atoms with van der Waals surface area (Å²) in [7, 11) is -4.13. The Bertz CT molecular complexity index is 1240. The highest BCUT2D eigenvalue weighted by Crippen LogP contribution is 2.35. The Morgan fingerprint density at radius 2 is 2.06 bits per heavy atom. The summed E-state index contributed by atoms with van der Waals surface area (Å²) in [5.41, 5.74) is 0.571. The lowest BCUT2D eigenvalue weighted by Gasteiger charge is -2.43. The second-order valence-corrected chi connectivity index (χ2v) is 10.3. The summed E-state index contributed by atoms with van der Waals surface area (Å²) in [6, 6.07) is 4.98. The van der Waals surface area contributed by atoms with Gasteiger partial charge in [0, 0.05) is 30.4 Å². The number of hydrogen-bond donors (Lipinski definition) is 3. The average Bonchev–Trinajstić information content (AvgIpc) is 3.11. The molecule has 0 aliphatic carbocycles. The maximum absolute atomic E-state index is 13.8. The Balaban J connectivity index is 1.52. The molecule has 2 aliphatic heterocycles. The molecule has 1 saturated heterocycles. The fourth-order valence-corrected chi connectivity index (χ4v) is 5.25. The highest BCUT2D eigenvalue weighted by Gasteiger charge is 2.42. The zero-order chi connectivity index (χ0) is 23.4. The van der Waals surface area contributed by atoms with Gasteiger partial charge >= 0.3 is 0 Å². The monoisotopic (exact) mass is 462 g/mol. The van der Waals surface area contributed by atoms with Gasteiger partial charge in [-0.1, -0.05) is 0 Å². The minimum atomic E-state index is -4.13. The number of hydrogen-bond acceptors (Lipinski definition) is 6. The van der Waals surface area contributed by atoms with E-state index in [1.165, 1.54) is 24.0 Å². The Hall–Kier alpha value is -2.94. The minimum absolute atomic E-state index is 0.165. The molecule has 0 bridgehead atoms. The van der Waals surface area contributed by atoms with E-state index in [-0.39, 0.29) is 41.9 Å². The number of fused-ring (bicyclic) bond motifs is 1. The van der Waals surface area contributed by atoms with Crippen LogP contribution in [0.2, 0.25) is 0 Å². The van der Waals surface area contributed by atoms with Crippen LogP contribution >= 0.6 is 0 Å². The SMILES string of the molecule is Cc1cc2c(cc1F)OC[C@@H](NS(=O)(=O)c1cc(C(=O)N3CC(C)(C#N)C3)c(C)[nH]1)[C@H]2O. The van der Waals surface area contributed by atoms with E-state index in [1.54, 1.807) is 13.8 Å². The largest absolute Gasteiger partial charge is 0.491 e. The lowest BCUT2D eigenvalue weighted by atomic mass is 9.83. The standard InChI is InChI=1S/C21H23FN4O5S/c1-11-4-14-17(6-15(11)22)31-7-16(19(14)27)25-32(29,30)18-5-13(12(2)24-18)20(28)26-9-21(3,8-23)10-26/h4-6,16,19,24-25,27H,7,9-10H2,1-3H3/t16-,19+/m1/s1. The summed E-state index contributed by atoms with van der Waals surface area (Å²) in [6.45, 7) is 5.24. The number of aliphatic hydroxyl groups is 1. The number of nitriles is 1. The third-order valence-electron chi connectivity index (χ3n) is 5.86. The summed E-state index contributed by atoms with van der Waals surface area (Å²) in [6.07, 6.45) is -1.24. The van der Waals surface area contributed by atoms with E-state index >= 15 is 0 Å². The zero-order valence-electron chi connectivity index (χ0n) is 17.8. The van der Waals surface area contributed by atoms with Gasteiger partial charge in [0.2, 0.25) is 0 Å². The number of nitrogens with zero attached hydrogens (tertiary/aromatic N) is 2. The van der Waals surface area contributed by atoms with E-state index in [9.17, 15) is 22.7 Å². The second-order valence-electron chi connectivity index (χ2n) is 8.63. The van der Waals surface area contributed by atoms with Crippen molar-refractivity contribution in [3.63, 3.8) is 0 Å². The Labute approximate surface area is 184 Å². The molecule has 1 amide bonds. The number of aryl methyl sites for hydroxylation is 2. The van der Waals surface area contributed by atoms with Crippen LogP contribution in [0.3, 0.4) is 0 Å². The molecule has 0 radical (unpaired) electrons. The van der Waals surface area contributed by atoms with E-state index in [4.69, 9.17) is 10.00 Å². The first-order chi connectivity index (χ1) is 14.9. The van der Waals surface area contributed by atoms with Crippen LogP contribution in [-0.4, -0.2) is 55.1 Å². The molecule has 0 spiro atoms. The van der Waals surface area contributed by atoms with Gasteiger partial charge in [0.1, 0.15) is 29.3 Å². The molecule has 2 aromatic rings. The molecule has 32 heavy (non-hydrogen) atoms. The number of benzene rings is 1. The topological polar surface area (TPSA) is 136 Å². The van der Waals surface area contributed by atoms with Crippen molar-refractivity contribution < 1.29 is 27.4 Å². The molecule has 1 aromatic carbocycles. The first-order valence-electron chi connectivity index (χ1n) is 9.97. The fourth-order valence-electron chi connectivity index (χ4n) is 3.97. The van der Waals surface area contributed by atoms with Gasteiger partial charge in [-0.05, 0) is 38.5 Å². The smallest absolute Gasteiger partial charge is 0.256 e. The molecule has 0 unspecified atom stereocenters. The quantitative estimate of drug-likeness (QED) is 0.631. The molecule has 3 heterocycles. The van der Waals surface area contributed by atoms with Crippen LogP contribution in [-0.2, 0) is 10.0 Å². The van der Waals surface area contributed by atoms with Crippen LogP contribution in [0, 0.1) is 36.4 Å². The molecule has 1 aromatic heterocycles. The van der Waals surface area contributed by atoms with Crippen molar-refractivity contribution in [2.75, 3.05) is 19.7 Å². The van der Waals surface area contributed by atoms with Gasteiger partial charge in [-0.15, -0.1) is 0 Å². The van der Waals surface area contributed by atoms with Crippen molar-refractivity contribution in [1.29, 1.82) is 5.26 Å². The van der Waals surface area contributed by atoms with E-state index in [2.05, 4.69) is 15.8 Å². The molecular weight excluding hydrogens is 439 g/mol. The Morgan fingerprint density at radius 1 is 1.38 bits per heavy atom. The van der Waals surface area contributed by atoms with Gasteiger partial charge in [-0.2, -0.15) is 5.26 Å². The number of aromatic amines is 1. The predicted octanol–water partition coefficient (Wildman–Crippen LogP) is 1.53. The first kappa shape index (κ1) is 22.3. The third-order valence-corrected chi connectivity index (χ3v) is 7.27. The van der Waals surface area contributed by atoms with E-state index in [0.29, 0.717) is 16.8 Å². The molecule has 0 saturated carbocycles. The van der Waals surface area contributed by atoms with Crippen LogP contribution < -0.4 is 9.46 Å². The lowest BCUT2D eigenvalue weighted by molar-refractivity contribution is 0.0368. The number of carbonyl (C=O) groups excluding carboxylic acids is 1. The van der Waals surface area contributed by atoms with Crippen molar-refractivity contribution in [3.8, 4) is 11.8 Å². The molecule has 2 aliphatic rings. The van der Waals surface area contributed by atoms with Gasteiger partial charge in [0.05, 0.1) is 23.1 Å². The van der Waals surface area contributed by atoms with Gasteiger partial charge in [0.25, 0.3) is 15.9 Å². The summed E-state index contributed by atoms with van der Waals surface area (Å²) >= 11 is 0. The number of sulfonamides is 1. The van der Waals surface area contributed by atoms with Gasteiger partial charge in [-0.3, -0.25) is 4.79 Å². The van der Waals surface area contributed by atoms with Gasteiger partial charge < -0.3 is 19.7 Å². The number of amides is 1. The number of nitrogens with one attached hydrogen (secondary N) is 2. The number of likely N-dealkylation sites (tertiary alicyclic amines) is 1. The van der Waals surface area contributed by atoms with E-state index < -0.39 is 33.4 Å². The number of aliphatic hydroxyl groups excluding tert-OH is 1. The highest BCUT2D eigenvalue weighted by molar-refractivity contribution is 7.89. The van der Waals surface area contributed by atoms with Gasteiger partial charge in [-0.25, -0.2) is 17.5 Å². The highest BCUT2D eigenvalue weighted by atomic mass is 32.2. The van der Waals surface area contributed by atoms with Gasteiger partial charge in [0.15, 0.2) is 0 Å². The first-order valence-corrected chi connectivity index (χ1v) is 11.5. The van der Waals surface area contributed by atoms with E-state index in [0.717, 1.165) is 6.07 Å². The zero-order valence-corrected chi connectivity index (χ0v) is 18.6. The number of ether oxygens (including phenoxy) is 1. The molecule has 170 valence electrons. The van der Waals surface area contributed by atoms with Crippen LogP contribution in [0.15, 0.2) is 23.2 Å². The Kier molecular flexibility index (Phi) is 5.27. The predicted molar refractivity (Wildman–Crippen MR) is 111 cm³/mol. The van der Waals surface area contributed by atoms with Crippen LogP contribution in [0.1, 0.15) is 40.2 Å². The lowest BCUT2D eigenvalue weighted by Crippen LogP contribution is -2.56. The number of carbonyl (C=O) groups is 1. The van der Waals surface area contributed by atoms with Crippen molar-refractivity contribution in [2.24, 2.45) is 5.41 Å². The summed E-state index contributed by atoms with van der Waals surface area (Å²) in [5.74, 6) is -0.676. The third kappa shape index (κ3) is 3.74. The molecular formula is C21H23FN4O5S.